The van der Waals surface area contributed by atoms with Crippen molar-refractivity contribution in [2.75, 3.05) is 19.7 Å². The Labute approximate surface area is 169 Å². The Hall–Kier alpha value is -2.69. The fraction of sp³-hybridized carbons (Fsp3) is 0.217. The number of carbonyl (C=O) groups excluding carboxylic acids is 1. The van der Waals surface area contributed by atoms with Gasteiger partial charge in [-0.05, 0) is 47.9 Å². The monoisotopic (exact) mass is 392 g/mol. The number of rotatable bonds is 4. The van der Waals surface area contributed by atoms with Gasteiger partial charge in [-0.1, -0.05) is 48.0 Å². The van der Waals surface area contributed by atoms with Gasteiger partial charge in [0.25, 0.3) is 5.91 Å². The van der Waals surface area contributed by atoms with Gasteiger partial charge in [-0.3, -0.25) is 9.78 Å². The minimum absolute atomic E-state index is 0.0338. The lowest BCUT2D eigenvalue weighted by molar-refractivity contribution is -0.0247. The molecule has 1 amide bonds. The summed E-state index contributed by atoms with van der Waals surface area (Å²) < 4.78 is 5.88. The predicted molar refractivity (Wildman–Crippen MR) is 110 cm³/mol. The van der Waals surface area contributed by atoms with E-state index >= 15 is 0 Å². The quantitative estimate of drug-likeness (QED) is 0.654. The maximum atomic E-state index is 12.7. The number of hydrogen-bond acceptors (Lipinski definition) is 3. The SMILES string of the molecule is O=C(c1ccccc1)N1CCO[C@H](c2ccc(Cc3cccc(Cl)c3)cn2)C1. The van der Waals surface area contributed by atoms with Crippen molar-refractivity contribution in [2.45, 2.75) is 12.5 Å². The van der Waals surface area contributed by atoms with E-state index in [2.05, 4.69) is 17.1 Å². The van der Waals surface area contributed by atoms with E-state index in [1.807, 2.05) is 65.7 Å². The minimum atomic E-state index is -0.207. The maximum Gasteiger partial charge on any atom is 0.254 e. The van der Waals surface area contributed by atoms with Crippen molar-refractivity contribution in [2.24, 2.45) is 0 Å². The second-order valence-electron chi connectivity index (χ2n) is 6.87. The summed E-state index contributed by atoms with van der Waals surface area (Å²) >= 11 is 6.06. The van der Waals surface area contributed by atoms with Crippen LogP contribution in [0, 0.1) is 0 Å². The summed E-state index contributed by atoms with van der Waals surface area (Å²) in [7, 11) is 0. The summed E-state index contributed by atoms with van der Waals surface area (Å²) in [5.74, 6) is 0.0338. The second-order valence-corrected chi connectivity index (χ2v) is 7.31. The molecule has 2 heterocycles. The molecule has 0 saturated carbocycles. The summed E-state index contributed by atoms with van der Waals surface area (Å²) in [5.41, 5.74) is 3.81. The molecule has 142 valence electrons. The van der Waals surface area contributed by atoms with Crippen molar-refractivity contribution < 1.29 is 9.53 Å². The zero-order valence-corrected chi connectivity index (χ0v) is 16.2. The van der Waals surface area contributed by atoms with E-state index in [0.29, 0.717) is 25.3 Å². The molecule has 0 bridgehead atoms. The van der Waals surface area contributed by atoms with Crippen LogP contribution in [-0.2, 0) is 11.2 Å². The number of aromatic nitrogens is 1. The molecule has 5 heteroatoms. The van der Waals surface area contributed by atoms with Gasteiger partial charge in [0, 0.05) is 23.3 Å². The van der Waals surface area contributed by atoms with Crippen LogP contribution in [0.1, 0.15) is 33.3 Å². The fourth-order valence-corrected chi connectivity index (χ4v) is 3.60. The Bertz CT molecular complexity index is 944. The number of ether oxygens (including phenoxy) is 1. The van der Waals surface area contributed by atoms with Crippen molar-refractivity contribution in [3.05, 3.63) is 100 Å². The molecule has 4 rings (SSSR count). The highest BCUT2D eigenvalue weighted by Crippen LogP contribution is 2.23. The predicted octanol–water partition coefficient (Wildman–Crippen LogP) is 4.54. The van der Waals surface area contributed by atoms with Gasteiger partial charge in [-0.2, -0.15) is 0 Å². The highest BCUT2D eigenvalue weighted by atomic mass is 35.5. The van der Waals surface area contributed by atoms with E-state index in [9.17, 15) is 4.79 Å². The maximum absolute atomic E-state index is 12.7. The van der Waals surface area contributed by atoms with Crippen molar-refractivity contribution in [1.29, 1.82) is 0 Å². The largest absolute Gasteiger partial charge is 0.368 e. The Morgan fingerprint density at radius 2 is 1.93 bits per heavy atom. The molecular formula is C23H21ClN2O2. The van der Waals surface area contributed by atoms with Gasteiger partial charge in [0.1, 0.15) is 6.10 Å². The Morgan fingerprint density at radius 3 is 2.68 bits per heavy atom. The van der Waals surface area contributed by atoms with Gasteiger partial charge in [-0.25, -0.2) is 0 Å². The summed E-state index contributed by atoms with van der Waals surface area (Å²) in [6, 6.07) is 21.2. The molecule has 28 heavy (non-hydrogen) atoms. The molecule has 0 radical (unpaired) electrons. The third kappa shape index (κ3) is 4.41. The van der Waals surface area contributed by atoms with Gasteiger partial charge in [-0.15, -0.1) is 0 Å². The highest BCUT2D eigenvalue weighted by Gasteiger charge is 2.26. The van der Waals surface area contributed by atoms with Crippen LogP contribution in [-0.4, -0.2) is 35.5 Å². The molecule has 2 aromatic carbocycles. The molecule has 0 spiro atoms. The zero-order valence-electron chi connectivity index (χ0n) is 15.4. The Kier molecular flexibility index (Phi) is 5.70. The molecule has 1 aromatic heterocycles. The molecule has 1 saturated heterocycles. The molecule has 0 unspecified atom stereocenters. The summed E-state index contributed by atoms with van der Waals surface area (Å²) in [5, 5.41) is 0.737. The van der Waals surface area contributed by atoms with E-state index in [4.69, 9.17) is 16.3 Å². The fourth-order valence-electron chi connectivity index (χ4n) is 3.39. The van der Waals surface area contributed by atoms with Crippen LogP contribution >= 0.6 is 11.6 Å². The highest BCUT2D eigenvalue weighted by molar-refractivity contribution is 6.30. The van der Waals surface area contributed by atoms with Crippen LogP contribution in [0.4, 0.5) is 0 Å². The number of halogens is 1. The first-order valence-corrected chi connectivity index (χ1v) is 9.72. The lowest BCUT2D eigenvalue weighted by Gasteiger charge is -2.32. The number of amides is 1. The molecule has 1 aliphatic heterocycles. The summed E-state index contributed by atoms with van der Waals surface area (Å²) in [6.45, 7) is 1.61. The number of nitrogens with zero attached hydrogens (tertiary/aromatic N) is 2. The normalized spacial score (nSPS) is 16.8. The zero-order chi connectivity index (χ0) is 19.3. The number of morpholine rings is 1. The smallest absolute Gasteiger partial charge is 0.254 e. The lowest BCUT2D eigenvalue weighted by Crippen LogP contribution is -2.42. The third-order valence-electron chi connectivity index (χ3n) is 4.85. The van der Waals surface area contributed by atoms with Gasteiger partial charge in [0.15, 0.2) is 0 Å². The average molecular weight is 393 g/mol. The van der Waals surface area contributed by atoms with Gasteiger partial charge < -0.3 is 9.64 Å². The first-order chi connectivity index (χ1) is 13.7. The average Bonchev–Trinajstić information content (AvgIpc) is 2.74. The van der Waals surface area contributed by atoms with Gasteiger partial charge in [0.05, 0.1) is 18.8 Å². The number of benzene rings is 2. The van der Waals surface area contributed by atoms with E-state index < -0.39 is 0 Å². The first kappa shape index (κ1) is 18.7. The van der Waals surface area contributed by atoms with E-state index in [-0.39, 0.29) is 12.0 Å². The second kappa shape index (κ2) is 8.55. The Balaban J connectivity index is 1.43. The third-order valence-corrected chi connectivity index (χ3v) is 5.08. The number of pyridine rings is 1. The van der Waals surface area contributed by atoms with Crippen LogP contribution < -0.4 is 0 Å². The lowest BCUT2D eigenvalue weighted by atomic mass is 10.1. The van der Waals surface area contributed by atoms with Crippen LogP contribution in [0.15, 0.2) is 72.9 Å². The van der Waals surface area contributed by atoms with Crippen LogP contribution in [0.2, 0.25) is 5.02 Å². The molecule has 4 nitrogen and oxygen atoms in total. The molecule has 1 atom stereocenters. The first-order valence-electron chi connectivity index (χ1n) is 9.34. The topological polar surface area (TPSA) is 42.4 Å². The van der Waals surface area contributed by atoms with E-state index in [0.717, 1.165) is 28.3 Å². The summed E-state index contributed by atoms with van der Waals surface area (Å²) in [4.78, 5) is 19.1. The van der Waals surface area contributed by atoms with Crippen molar-refractivity contribution in [3.8, 4) is 0 Å². The van der Waals surface area contributed by atoms with Crippen LogP contribution in [0.5, 0.6) is 0 Å². The molecule has 1 fully saturated rings. The van der Waals surface area contributed by atoms with E-state index in [1.165, 1.54) is 0 Å². The summed E-state index contributed by atoms with van der Waals surface area (Å²) in [6.07, 6.45) is 2.44. The standard InChI is InChI=1S/C23H21ClN2O2/c24-20-8-4-5-17(14-20)13-18-9-10-21(25-15-18)22-16-26(11-12-28-22)23(27)19-6-2-1-3-7-19/h1-10,14-15,22H,11-13,16H2/t22-/m0/s1. The minimum Gasteiger partial charge on any atom is -0.368 e. The molecule has 0 N–H and O–H groups in total. The van der Waals surface area contributed by atoms with Crippen LogP contribution in [0.25, 0.3) is 0 Å². The molecular weight excluding hydrogens is 372 g/mol. The van der Waals surface area contributed by atoms with Gasteiger partial charge in [0.2, 0.25) is 0 Å². The van der Waals surface area contributed by atoms with Crippen molar-refractivity contribution >= 4 is 17.5 Å². The Morgan fingerprint density at radius 1 is 1.07 bits per heavy atom. The number of hydrogen-bond donors (Lipinski definition) is 0. The molecule has 3 aromatic rings. The molecule has 0 aliphatic carbocycles. The van der Waals surface area contributed by atoms with Crippen molar-refractivity contribution in [3.63, 3.8) is 0 Å². The number of carbonyl (C=O) groups is 1. The van der Waals surface area contributed by atoms with Gasteiger partial charge >= 0.3 is 0 Å². The molecule has 1 aliphatic rings. The van der Waals surface area contributed by atoms with Crippen LogP contribution in [0.3, 0.4) is 0 Å². The van der Waals surface area contributed by atoms with Crippen molar-refractivity contribution in [1.82, 2.24) is 9.88 Å². The van der Waals surface area contributed by atoms with E-state index in [1.54, 1.807) is 0 Å².